The number of nitrogens with zero attached hydrogens (tertiary/aromatic N) is 4. The quantitative estimate of drug-likeness (QED) is 0.909. The van der Waals surface area contributed by atoms with Gasteiger partial charge in [-0.1, -0.05) is 19.1 Å². The Morgan fingerprint density at radius 2 is 2.09 bits per heavy atom. The summed E-state index contributed by atoms with van der Waals surface area (Å²) in [5, 5.41) is 18.7. The van der Waals surface area contributed by atoms with Gasteiger partial charge in [0, 0.05) is 26.1 Å². The Hall–Kier alpha value is -1.92. The highest BCUT2D eigenvalue weighted by Gasteiger charge is 2.33. The summed E-state index contributed by atoms with van der Waals surface area (Å²) in [6.07, 6.45) is 1.28. The van der Waals surface area contributed by atoms with E-state index in [0.29, 0.717) is 13.1 Å². The first-order valence-corrected chi connectivity index (χ1v) is 8.05. The molecular weight excluding hydrogens is 292 g/mol. The van der Waals surface area contributed by atoms with Gasteiger partial charge in [-0.25, -0.2) is 0 Å². The van der Waals surface area contributed by atoms with Crippen LogP contribution in [0.4, 0.5) is 0 Å². The maximum absolute atomic E-state index is 10.1. The molecule has 1 saturated heterocycles. The standard InChI is InChI=1S/C17H24N4O2/c1-4-16-18-19-17(20(16)2)11-21-10-13(22)9-15(21)12-6-5-7-14(8-12)23-3/h5-8,13,15,22H,4,9-11H2,1-3H3/t13-,15+/m1/s1. The third kappa shape index (κ3) is 3.23. The van der Waals surface area contributed by atoms with Crippen molar-refractivity contribution in [1.29, 1.82) is 0 Å². The molecule has 1 fully saturated rings. The van der Waals surface area contributed by atoms with Crippen molar-refractivity contribution in [3.63, 3.8) is 0 Å². The van der Waals surface area contributed by atoms with E-state index >= 15 is 0 Å². The van der Waals surface area contributed by atoms with Crippen molar-refractivity contribution < 1.29 is 9.84 Å². The Balaban J connectivity index is 1.83. The van der Waals surface area contributed by atoms with E-state index in [1.54, 1.807) is 7.11 Å². The lowest BCUT2D eigenvalue weighted by molar-refractivity contribution is 0.170. The second kappa shape index (κ2) is 6.68. The Morgan fingerprint density at radius 3 is 2.78 bits per heavy atom. The minimum Gasteiger partial charge on any atom is -0.497 e. The second-order valence-electron chi connectivity index (χ2n) is 6.06. The SMILES string of the molecule is CCc1nnc(CN2C[C@H](O)C[C@H]2c2cccc(OC)c2)n1C. The van der Waals surface area contributed by atoms with E-state index in [1.807, 2.05) is 29.8 Å². The summed E-state index contributed by atoms with van der Waals surface area (Å²) in [5.74, 6) is 2.76. The lowest BCUT2D eigenvalue weighted by atomic mass is 10.0. The molecule has 0 aliphatic carbocycles. The van der Waals surface area contributed by atoms with Crippen LogP contribution in [0.15, 0.2) is 24.3 Å². The van der Waals surface area contributed by atoms with Crippen LogP contribution in [0.1, 0.15) is 36.6 Å². The van der Waals surface area contributed by atoms with E-state index in [1.165, 1.54) is 5.56 Å². The fourth-order valence-electron chi connectivity index (χ4n) is 3.28. The maximum atomic E-state index is 10.1. The van der Waals surface area contributed by atoms with Crippen LogP contribution in [0.25, 0.3) is 0 Å². The molecule has 0 saturated carbocycles. The second-order valence-corrected chi connectivity index (χ2v) is 6.06. The average Bonchev–Trinajstić information content (AvgIpc) is 3.11. The van der Waals surface area contributed by atoms with Gasteiger partial charge >= 0.3 is 0 Å². The predicted octanol–water partition coefficient (Wildman–Crippen LogP) is 1.69. The fraction of sp³-hybridized carbons (Fsp3) is 0.529. The van der Waals surface area contributed by atoms with Gasteiger partial charge in [0.15, 0.2) is 0 Å². The van der Waals surface area contributed by atoms with Crippen LogP contribution in [-0.2, 0) is 20.0 Å². The van der Waals surface area contributed by atoms with Gasteiger partial charge in [0.25, 0.3) is 0 Å². The van der Waals surface area contributed by atoms with Gasteiger partial charge in [-0.3, -0.25) is 4.90 Å². The molecular formula is C17H24N4O2. The van der Waals surface area contributed by atoms with Crippen LogP contribution >= 0.6 is 0 Å². The number of β-amino-alcohol motifs (C(OH)–C–C–N with tert-alkyl or cyclic N) is 1. The summed E-state index contributed by atoms with van der Waals surface area (Å²) in [5.41, 5.74) is 1.17. The molecule has 2 atom stereocenters. The minimum atomic E-state index is -0.315. The zero-order valence-electron chi connectivity index (χ0n) is 13.9. The van der Waals surface area contributed by atoms with Crippen LogP contribution in [0.3, 0.4) is 0 Å². The highest BCUT2D eigenvalue weighted by Crippen LogP contribution is 2.34. The van der Waals surface area contributed by atoms with Crippen LogP contribution in [-0.4, -0.2) is 44.5 Å². The van der Waals surface area contributed by atoms with Crippen molar-refractivity contribution in [2.75, 3.05) is 13.7 Å². The molecule has 0 radical (unpaired) electrons. The number of aliphatic hydroxyl groups excluding tert-OH is 1. The first-order chi connectivity index (χ1) is 11.1. The topological polar surface area (TPSA) is 63.4 Å². The Bertz CT molecular complexity index is 670. The molecule has 0 spiro atoms. The summed E-state index contributed by atoms with van der Waals surface area (Å²) >= 11 is 0. The molecule has 0 bridgehead atoms. The molecule has 2 heterocycles. The number of aryl methyl sites for hydroxylation is 1. The molecule has 1 aromatic carbocycles. The van der Waals surface area contributed by atoms with Crippen molar-refractivity contribution in [2.45, 2.75) is 38.5 Å². The molecule has 23 heavy (non-hydrogen) atoms. The summed E-state index contributed by atoms with van der Waals surface area (Å²) in [6.45, 7) is 3.41. The number of rotatable bonds is 5. The number of aliphatic hydroxyl groups is 1. The van der Waals surface area contributed by atoms with Crippen molar-refractivity contribution in [2.24, 2.45) is 7.05 Å². The van der Waals surface area contributed by atoms with Gasteiger partial charge in [0.2, 0.25) is 0 Å². The van der Waals surface area contributed by atoms with Gasteiger partial charge in [0.05, 0.1) is 19.8 Å². The molecule has 6 nitrogen and oxygen atoms in total. The first kappa shape index (κ1) is 16.0. The number of benzene rings is 1. The van der Waals surface area contributed by atoms with Crippen LogP contribution in [0.5, 0.6) is 5.75 Å². The van der Waals surface area contributed by atoms with Gasteiger partial charge in [-0.2, -0.15) is 0 Å². The molecule has 0 amide bonds. The largest absolute Gasteiger partial charge is 0.497 e. The van der Waals surface area contributed by atoms with Gasteiger partial charge < -0.3 is 14.4 Å². The molecule has 1 N–H and O–H groups in total. The zero-order valence-corrected chi connectivity index (χ0v) is 13.9. The minimum absolute atomic E-state index is 0.168. The third-order valence-electron chi connectivity index (χ3n) is 4.58. The molecule has 2 aromatic rings. The lowest BCUT2D eigenvalue weighted by Crippen LogP contribution is -2.26. The molecule has 6 heteroatoms. The number of hydrogen-bond donors (Lipinski definition) is 1. The van der Waals surface area contributed by atoms with E-state index in [4.69, 9.17) is 4.74 Å². The number of hydrogen-bond acceptors (Lipinski definition) is 5. The normalized spacial score (nSPS) is 21.7. The van der Waals surface area contributed by atoms with Gasteiger partial charge in [-0.15, -0.1) is 10.2 Å². The van der Waals surface area contributed by atoms with E-state index in [-0.39, 0.29) is 12.1 Å². The van der Waals surface area contributed by atoms with Crippen LogP contribution in [0, 0.1) is 0 Å². The van der Waals surface area contributed by atoms with Gasteiger partial charge in [-0.05, 0) is 24.1 Å². The smallest absolute Gasteiger partial charge is 0.146 e. The van der Waals surface area contributed by atoms with E-state index in [9.17, 15) is 5.11 Å². The van der Waals surface area contributed by atoms with E-state index in [2.05, 4.69) is 28.1 Å². The Morgan fingerprint density at radius 1 is 1.30 bits per heavy atom. The predicted molar refractivity (Wildman–Crippen MR) is 87.1 cm³/mol. The zero-order chi connectivity index (χ0) is 16.4. The number of aromatic nitrogens is 3. The summed E-state index contributed by atoms with van der Waals surface area (Å²) in [6, 6.07) is 8.24. The maximum Gasteiger partial charge on any atom is 0.146 e. The first-order valence-electron chi connectivity index (χ1n) is 8.05. The monoisotopic (exact) mass is 316 g/mol. The molecule has 1 aliphatic rings. The number of ether oxygens (including phenoxy) is 1. The van der Waals surface area contributed by atoms with Crippen molar-refractivity contribution in [1.82, 2.24) is 19.7 Å². The molecule has 1 aliphatic heterocycles. The van der Waals surface area contributed by atoms with Crippen LogP contribution in [0.2, 0.25) is 0 Å². The number of methoxy groups -OCH3 is 1. The molecule has 3 rings (SSSR count). The third-order valence-corrected chi connectivity index (χ3v) is 4.58. The lowest BCUT2D eigenvalue weighted by Gasteiger charge is -2.24. The van der Waals surface area contributed by atoms with E-state index in [0.717, 1.165) is 30.2 Å². The van der Waals surface area contributed by atoms with Crippen LogP contribution < -0.4 is 4.74 Å². The average molecular weight is 316 g/mol. The van der Waals surface area contributed by atoms with Crippen molar-refractivity contribution in [3.8, 4) is 5.75 Å². The molecule has 124 valence electrons. The summed E-state index contributed by atoms with van der Waals surface area (Å²) in [7, 11) is 3.67. The van der Waals surface area contributed by atoms with E-state index < -0.39 is 0 Å². The highest BCUT2D eigenvalue weighted by molar-refractivity contribution is 5.31. The molecule has 1 aromatic heterocycles. The van der Waals surface area contributed by atoms with Gasteiger partial charge in [0.1, 0.15) is 17.4 Å². The summed E-state index contributed by atoms with van der Waals surface area (Å²) < 4.78 is 7.37. The highest BCUT2D eigenvalue weighted by atomic mass is 16.5. The van der Waals surface area contributed by atoms with Crippen molar-refractivity contribution in [3.05, 3.63) is 41.5 Å². The fourth-order valence-corrected chi connectivity index (χ4v) is 3.28. The Kier molecular flexibility index (Phi) is 4.63. The summed E-state index contributed by atoms with van der Waals surface area (Å²) in [4.78, 5) is 2.27. The van der Waals surface area contributed by atoms with Crippen molar-refractivity contribution >= 4 is 0 Å². The Labute approximate surface area is 136 Å². The number of likely N-dealkylation sites (tertiary alicyclic amines) is 1. The molecule has 0 unspecified atom stereocenters.